The number of amides is 1. The zero-order chi connectivity index (χ0) is 15.2. The van der Waals surface area contributed by atoms with Crippen LogP contribution in [0.1, 0.15) is 22.8 Å². The van der Waals surface area contributed by atoms with Crippen LogP contribution in [-0.2, 0) is 6.54 Å². The summed E-state index contributed by atoms with van der Waals surface area (Å²) in [7, 11) is 0. The maximum Gasteiger partial charge on any atom is 0.251 e. The van der Waals surface area contributed by atoms with Crippen molar-refractivity contribution in [3.8, 4) is 0 Å². The van der Waals surface area contributed by atoms with E-state index in [1.807, 2.05) is 19.1 Å². The maximum absolute atomic E-state index is 13.2. The molecule has 0 atom stereocenters. The van der Waals surface area contributed by atoms with Gasteiger partial charge >= 0.3 is 0 Å². The number of halogens is 2. The Labute approximate surface area is 128 Å². The number of anilines is 1. The van der Waals surface area contributed by atoms with Crippen LogP contribution < -0.4 is 10.6 Å². The largest absolute Gasteiger partial charge is 0.381 e. The Bertz CT molecular complexity index is 608. The van der Waals surface area contributed by atoms with Crippen molar-refractivity contribution in [3.63, 3.8) is 0 Å². The lowest BCUT2D eigenvalue weighted by atomic mass is 10.1. The molecule has 0 bridgehead atoms. The highest BCUT2D eigenvalue weighted by Crippen LogP contribution is 2.16. The summed E-state index contributed by atoms with van der Waals surface area (Å²) in [4.78, 5) is 11.6. The highest BCUT2D eigenvalue weighted by atomic mass is 35.5. The number of hydrogen-bond donors (Lipinski definition) is 2. The van der Waals surface area contributed by atoms with E-state index in [-0.39, 0.29) is 11.7 Å². The monoisotopic (exact) mass is 306 g/mol. The molecule has 0 saturated carbocycles. The van der Waals surface area contributed by atoms with Gasteiger partial charge in [0.25, 0.3) is 5.91 Å². The molecule has 0 aliphatic heterocycles. The first-order chi connectivity index (χ1) is 10.1. The molecule has 0 fully saturated rings. The third-order valence-electron chi connectivity index (χ3n) is 2.90. The Hall–Kier alpha value is -2.07. The number of carbonyl (C=O) groups excluding carboxylic acids is 1. The third-order valence-corrected chi connectivity index (χ3v) is 3.12. The van der Waals surface area contributed by atoms with Gasteiger partial charge < -0.3 is 10.6 Å². The molecule has 0 unspecified atom stereocenters. The van der Waals surface area contributed by atoms with Gasteiger partial charge in [-0.15, -0.1) is 0 Å². The molecule has 0 saturated heterocycles. The van der Waals surface area contributed by atoms with Gasteiger partial charge in [-0.1, -0.05) is 11.6 Å². The molecule has 2 N–H and O–H groups in total. The normalized spacial score (nSPS) is 10.2. The summed E-state index contributed by atoms with van der Waals surface area (Å²) < 4.78 is 13.2. The van der Waals surface area contributed by atoms with Crippen LogP contribution in [0.5, 0.6) is 0 Å². The van der Waals surface area contributed by atoms with Gasteiger partial charge in [0.15, 0.2) is 0 Å². The first kappa shape index (κ1) is 15.3. The fraction of sp³-hybridized carbons (Fsp3) is 0.188. The molecule has 0 spiro atoms. The lowest BCUT2D eigenvalue weighted by molar-refractivity contribution is 0.0956. The second kappa shape index (κ2) is 7.09. The van der Waals surface area contributed by atoms with Crippen molar-refractivity contribution in [2.24, 2.45) is 0 Å². The smallest absolute Gasteiger partial charge is 0.251 e. The molecular formula is C16H16ClFN2O. The predicted octanol–water partition coefficient (Wildman–Crippen LogP) is 3.84. The number of nitrogens with one attached hydrogen (secondary N) is 2. The molecule has 1 amide bonds. The summed E-state index contributed by atoms with van der Waals surface area (Å²) in [5, 5.41) is 6.27. The van der Waals surface area contributed by atoms with Gasteiger partial charge in [-0.25, -0.2) is 4.39 Å². The van der Waals surface area contributed by atoms with E-state index in [2.05, 4.69) is 10.6 Å². The van der Waals surface area contributed by atoms with Gasteiger partial charge in [-0.05, 0) is 55.0 Å². The molecule has 2 aromatic rings. The van der Waals surface area contributed by atoms with Crippen molar-refractivity contribution in [1.82, 2.24) is 5.32 Å². The average Bonchev–Trinajstić information content (AvgIpc) is 2.45. The van der Waals surface area contributed by atoms with Crippen molar-refractivity contribution in [2.75, 3.05) is 11.9 Å². The van der Waals surface area contributed by atoms with E-state index in [0.29, 0.717) is 23.7 Å². The minimum absolute atomic E-state index is 0.0963. The van der Waals surface area contributed by atoms with Gasteiger partial charge in [0.05, 0.1) is 0 Å². The highest BCUT2D eigenvalue weighted by molar-refractivity contribution is 6.30. The molecule has 3 nitrogen and oxygen atoms in total. The van der Waals surface area contributed by atoms with Crippen LogP contribution >= 0.6 is 11.6 Å². The molecule has 0 aliphatic carbocycles. The van der Waals surface area contributed by atoms with Crippen LogP contribution in [0.3, 0.4) is 0 Å². The van der Waals surface area contributed by atoms with Crippen molar-refractivity contribution in [2.45, 2.75) is 13.5 Å². The quantitative estimate of drug-likeness (QED) is 0.881. The second-order valence-corrected chi connectivity index (χ2v) is 5.00. The average molecular weight is 307 g/mol. The van der Waals surface area contributed by atoms with Crippen LogP contribution in [0.25, 0.3) is 0 Å². The maximum atomic E-state index is 13.2. The van der Waals surface area contributed by atoms with Crippen molar-refractivity contribution >= 4 is 23.2 Å². The van der Waals surface area contributed by atoms with Crippen LogP contribution in [-0.4, -0.2) is 12.5 Å². The lowest BCUT2D eigenvalue weighted by Gasteiger charge is -2.08. The Kier molecular flexibility index (Phi) is 5.17. The summed E-state index contributed by atoms with van der Waals surface area (Å²) >= 11 is 5.80. The van der Waals surface area contributed by atoms with Crippen LogP contribution in [0.15, 0.2) is 42.5 Å². The Morgan fingerprint density at radius 1 is 1.19 bits per heavy atom. The van der Waals surface area contributed by atoms with E-state index in [1.54, 1.807) is 18.2 Å². The van der Waals surface area contributed by atoms with Crippen molar-refractivity contribution in [1.29, 1.82) is 0 Å². The second-order valence-electron chi connectivity index (χ2n) is 4.57. The Morgan fingerprint density at radius 2 is 1.90 bits per heavy atom. The minimum Gasteiger partial charge on any atom is -0.381 e. The Morgan fingerprint density at radius 3 is 2.52 bits per heavy atom. The highest BCUT2D eigenvalue weighted by Gasteiger charge is 2.04. The van der Waals surface area contributed by atoms with Gasteiger partial charge in [-0.3, -0.25) is 4.79 Å². The van der Waals surface area contributed by atoms with Gasteiger partial charge in [-0.2, -0.15) is 0 Å². The van der Waals surface area contributed by atoms with Gasteiger partial charge in [0.2, 0.25) is 0 Å². The van der Waals surface area contributed by atoms with Crippen LogP contribution in [0, 0.1) is 5.82 Å². The van der Waals surface area contributed by atoms with Crippen LogP contribution in [0.4, 0.5) is 10.1 Å². The van der Waals surface area contributed by atoms with E-state index in [9.17, 15) is 9.18 Å². The molecule has 2 aromatic carbocycles. The zero-order valence-corrected chi connectivity index (χ0v) is 12.4. The third kappa shape index (κ3) is 4.46. The molecule has 0 aromatic heterocycles. The standard InChI is InChI=1S/C16H16ClFN2O/c1-2-19-16(21)12-3-5-15(6-4-12)20-10-11-7-13(17)9-14(18)8-11/h3-9,20H,2,10H2,1H3,(H,19,21). The Balaban J connectivity index is 1.99. The molecule has 0 radical (unpaired) electrons. The fourth-order valence-corrected chi connectivity index (χ4v) is 2.16. The molecule has 21 heavy (non-hydrogen) atoms. The summed E-state index contributed by atoms with van der Waals surface area (Å²) in [5.41, 5.74) is 2.22. The van der Waals surface area contributed by atoms with Crippen molar-refractivity contribution in [3.05, 3.63) is 64.4 Å². The minimum atomic E-state index is -0.356. The molecule has 2 rings (SSSR count). The molecular weight excluding hydrogens is 291 g/mol. The zero-order valence-electron chi connectivity index (χ0n) is 11.6. The fourth-order valence-electron chi connectivity index (χ4n) is 1.92. The number of carbonyl (C=O) groups is 1. The summed E-state index contributed by atoms with van der Waals surface area (Å²) in [6.07, 6.45) is 0. The predicted molar refractivity (Wildman–Crippen MR) is 83.2 cm³/mol. The number of benzene rings is 2. The van der Waals surface area contributed by atoms with Gasteiger partial charge in [0, 0.05) is 29.4 Å². The SMILES string of the molecule is CCNC(=O)c1ccc(NCc2cc(F)cc(Cl)c2)cc1. The van der Waals surface area contributed by atoms with E-state index in [4.69, 9.17) is 11.6 Å². The van der Waals surface area contributed by atoms with E-state index in [0.717, 1.165) is 11.3 Å². The topological polar surface area (TPSA) is 41.1 Å². The van der Waals surface area contributed by atoms with Crippen LogP contribution in [0.2, 0.25) is 5.02 Å². The van der Waals surface area contributed by atoms with E-state index < -0.39 is 0 Å². The summed E-state index contributed by atoms with van der Waals surface area (Å²) in [5.74, 6) is -0.452. The van der Waals surface area contributed by atoms with Crippen molar-refractivity contribution < 1.29 is 9.18 Å². The first-order valence-corrected chi connectivity index (χ1v) is 7.03. The number of hydrogen-bond acceptors (Lipinski definition) is 2. The summed E-state index contributed by atoms with van der Waals surface area (Å²) in [6.45, 7) is 2.93. The number of rotatable bonds is 5. The lowest BCUT2D eigenvalue weighted by Crippen LogP contribution is -2.22. The van der Waals surface area contributed by atoms with E-state index in [1.165, 1.54) is 12.1 Å². The molecule has 5 heteroatoms. The van der Waals surface area contributed by atoms with E-state index >= 15 is 0 Å². The first-order valence-electron chi connectivity index (χ1n) is 6.65. The summed E-state index contributed by atoms with van der Waals surface area (Å²) in [6, 6.07) is 11.5. The molecule has 110 valence electrons. The van der Waals surface area contributed by atoms with Gasteiger partial charge in [0.1, 0.15) is 5.82 Å². The molecule has 0 aliphatic rings. The molecule has 0 heterocycles.